The Hall–Kier alpha value is -0.740. The monoisotopic (exact) mass is 237 g/mol. The molecule has 0 aliphatic heterocycles. The maximum absolute atomic E-state index is 13.1. The predicted molar refractivity (Wildman–Crippen MR) is 53.9 cm³/mol. The Morgan fingerprint density at radius 1 is 1.33 bits per heavy atom. The van der Waals surface area contributed by atoms with E-state index >= 15 is 0 Å². The summed E-state index contributed by atoms with van der Waals surface area (Å²) in [5.41, 5.74) is 4.30. The second kappa shape index (κ2) is 3.68. The molecule has 0 aromatic heterocycles. The predicted octanol–water partition coefficient (Wildman–Crippen LogP) is 2.48. The quantitative estimate of drug-likeness (QED) is 0.840. The lowest BCUT2D eigenvalue weighted by Crippen LogP contribution is -2.26. The molecule has 1 aliphatic rings. The Balaban J connectivity index is 0.00000112. The third-order valence-corrected chi connectivity index (χ3v) is 2.82. The molecule has 0 heterocycles. The molecule has 1 saturated carbocycles. The molecule has 15 heavy (non-hydrogen) atoms. The maximum Gasteiger partial charge on any atom is 0.260 e. The SMILES string of the molecule is Cl.NCC1(c2cccc(F)c2)CC1(F)F. The lowest BCUT2D eigenvalue weighted by molar-refractivity contribution is 0.0895. The van der Waals surface area contributed by atoms with E-state index in [1.54, 1.807) is 0 Å². The normalized spacial score (nSPS) is 26.9. The maximum atomic E-state index is 13.1. The van der Waals surface area contributed by atoms with Crippen molar-refractivity contribution in [1.29, 1.82) is 0 Å². The molecule has 0 radical (unpaired) electrons. The van der Waals surface area contributed by atoms with Gasteiger partial charge in [0.15, 0.2) is 0 Å². The molecular formula is C10H11ClF3N. The summed E-state index contributed by atoms with van der Waals surface area (Å²) in [6.07, 6.45) is -0.278. The number of rotatable bonds is 2. The van der Waals surface area contributed by atoms with Crippen molar-refractivity contribution in [3.63, 3.8) is 0 Å². The molecule has 1 aromatic carbocycles. The molecule has 1 aliphatic carbocycles. The first-order valence-electron chi connectivity index (χ1n) is 4.36. The third-order valence-electron chi connectivity index (χ3n) is 2.82. The molecule has 1 nitrogen and oxygen atoms in total. The van der Waals surface area contributed by atoms with E-state index in [1.807, 2.05) is 0 Å². The molecule has 84 valence electrons. The van der Waals surface area contributed by atoms with Gasteiger partial charge in [-0.05, 0) is 17.7 Å². The number of benzene rings is 1. The van der Waals surface area contributed by atoms with Crippen molar-refractivity contribution >= 4 is 12.4 Å². The van der Waals surface area contributed by atoms with Crippen LogP contribution in [-0.4, -0.2) is 12.5 Å². The van der Waals surface area contributed by atoms with E-state index in [0.29, 0.717) is 5.56 Å². The van der Waals surface area contributed by atoms with Gasteiger partial charge < -0.3 is 5.73 Å². The minimum Gasteiger partial charge on any atom is -0.329 e. The molecule has 0 amide bonds. The summed E-state index contributed by atoms with van der Waals surface area (Å²) in [6.45, 7) is -0.149. The van der Waals surface area contributed by atoms with Crippen molar-refractivity contribution in [2.45, 2.75) is 17.8 Å². The first kappa shape index (κ1) is 12.3. The Bertz CT molecular complexity index is 369. The van der Waals surface area contributed by atoms with E-state index in [-0.39, 0.29) is 25.4 Å². The molecule has 1 atom stereocenters. The van der Waals surface area contributed by atoms with Crippen LogP contribution in [0.5, 0.6) is 0 Å². The lowest BCUT2D eigenvalue weighted by Gasteiger charge is -2.13. The zero-order chi connectivity index (χ0) is 10.4. The summed E-state index contributed by atoms with van der Waals surface area (Å²) in [6, 6.07) is 5.29. The Labute approximate surface area is 91.9 Å². The minimum atomic E-state index is -2.78. The van der Waals surface area contributed by atoms with Gasteiger partial charge in [0.05, 0.1) is 5.41 Å². The Morgan fingerprint density at radius 2 is 1.93 bits per heavy atom. The van der Waals surface area contributed by atoms with Crippen molar-refractivity contribution in [1.82, 2.24) is 0 Å². The van der Waals surface area contributed by atoms with E-state index in [4.69, 9.17) is 5.73 Å². The molecule has 2 rings (SSSR count). The van der Waals surface area contributed by atoms with Crippen LogP contribution in [0.3, 0.4) is 0 Å². The van der Waals surface area contributed by atoms with Crippen LogP contribution in [0.25, 0.3) is 0 Å². The van der Waals surface area contributed by atoms with Gasteiger partial charge in [-0.2, -0.15) is 0 Å². The molecule has 0 spiro atoms. The van der Waals surface area contributed by atoms with Crippen molar-refractivity contribution in [2.75, 3.05) is 6.54 Å². The van der Waals surface area contributed by atoms with Gasteiger partial charge in [-0.1, -0.05) is 12.1 Å². The van der Waals surface area contributed by atoms with E-state index in [1.165, 1.54) is 18.2 Å². The van der Waals surface area contributed by atoms with E-state index in [9.17, 15) is 13.2 Å². The molecule has 1 aromatic rings. The van der Waals surface area contributed by atoms with Crippen molar-refractivity contribution in [2.24, 2.45) is 5.73 Å². The van der Waals surface area contributed by atoms with Crippen molar-refractivity contribution in [3.05, 3.63) is 35.6 Å². The van der Waals surface area contributed by atoms with E-state index < -0.39 is 17.2 Å². The molecular weight excluding hydrogens is 227 g/mol. The summed E-state index contributed by atoms with van der Waals surface area (Å²) in [5.74, 6) is -3.28. The van der Waals surface area contributed by atoms with Crippen LogP contribution < -0.4 is 5.73 Å². The standard InChI is InChI=1S/C10H10F3N.ClH/c11-8-3-1-2-7(4-8)9(6-14)5-10(9,12)13;/h1-4H,5-6,14H2;1H. The number of hydrogen-bond donors (Lipinski definition) is 1. The zero-order valence-electron chi connectivity index (χ0n) is 7.84. The van der Waals surface area contributed by atoms with Crippen LogP contribution in [0.1, 0.15) is 12.0 Å². The molecule has 0 saturated heterocycles. The van der Waals surface area contributed by atoms with Crippen LogP contribution in [0.15, 0.2) is 24.3 Å². The van der Waals surface area contributed by atoms with Gasteiger partial charge in [-0.15, -0.1) is 12.4 Å². The smallest absolute Gasteiger partial charge is 0.260 e. The highest BCUT2D eigenvalue weighted by Gasteiger charge is 2.71. The summed E-state index contributed by atoms with van der Waals surface area (Å²) >= 11 is 0. The van der Waals surface area contributed by atoms with Crippen molar-refractivity contribution in [3.8, 4) is 0 Å². The topological polar surface area (TPSA) is 26.0 Å². The first-order chi connectivity index (χ1) is 6.52. The Kier molecular flexibility index (Phi) is 3.03. The highest BCUT2D eigenvalue weighted by atomic mass is 35.5. The van der Waals surface area contributed by atoms with Gasteiger partial charge in [-0.3, -0.25) is 0 Å². The highest BCUT2D eigenvalue weighted by molar-refractivity contribution is 5.85. The van der Waals surface area contributed by atoms with Crippen LogP contribution in [-0.2, 0) is 5.41 Å². The van der Waals surface area contributed by atoms with Crippen LogP contribution >= 0.6 is 12.4 Å². The fourth-order valence-electron chi connectivity index (χ4n) is 1.77. The van der Waals surface area contributed by atoms with Gasteiger partial charge >= 0.3 is 0 Å². The van der Waals surface area contributed by atoms with Gasteiger partial charge in [0, 0.05) is 13.0 Å². The van der Waals surface area contributed by atoms with Gasteiger partial charge in [0.2, 0.25) is 0 Å². The fraction of sp³-hybridized carbons (Fsp3) is 0.400. The van der Waals surface area contributed by atoms with Gasteiger partial charge in [-0.25, -0.2) is 13.2 Å². The largest absolute Gasteiger partial charge is 0.329 e. The molecule has 1 unspecified atom stereocenters. The van der Waals surface area contributed by atoms with E-state index in [0.717, 1.165) is 6.07 Å². The summed E-state index contributed by atoms with van der Waals surface area (Å²) < 4.78 is 39.0. The average Bonchev–Trinajstić information content (AvgIpc) is 2.70. The average molecular weight is 238 g/mol. The van der Waals surface area contributed by atoms with Crippen LogP contribution in [0, 0.1) is 5.82 Å². The van der Waals surface area contributed by atoms with Crippen molar-refractivity contribution < 1.29 is 13.2 Å². The second-order valence-corrected chi connectivity index (χ2v) is 3.68. The molecule has 5 heteroatoms. The molecule has 1 fully saturated rings. The van der Waals surface area contributed by atoms with Crippen LogP contribution in [0.2, 0.25) is 0 Å². The number of alkyl halides is 2. The number of hydrogen-bond acceptors (Lipinski definition) is 1. The zero-order valence-corrected chi connectivity index (χ0v) is 8.66. The summed E-state index contributed by atoms with van der Waals surface area (Å²) in [7, 11) is 0. The number of nitrogens with two attached hydrogens (primary N) is 1. The van der Waals surface area contributed by atoms with Gasteiger partial charge in [0.1, 0.15) is 5.82 Å². The summed E-state index contributed by atoms with van der Waals surface area (Å²) in [5, 5.41) is 0. The van der Waals surface area contributed by atoms with E-state index in [2.05, 4.69) is 0 Å². The first-order valence-corrected chi connectivity index (χ1v) is 4.36. The highest BCUT2D eigenvalue weighted by Crippen LogP contribution is 2.60. The third kappa shape index (κ3) is 1.72. The fourth-order valence-corrected chi connectivity index (χ4v) is 1.77. The van der Waals surface area contributed by atoms with Gasteiger partial charge in [0.25, 0.3) is 5.92 Å². The lowest BCUT2D eigenvalue weighted by atomic mass is 9.95. The number of halogens is 4. The Morgan fingerprint density at radius 3 is 2.33 bits per heavy atom. The minimum absolute atomic E-state index is 0. The second-order valence-electron chi connectivity index (χ2n) is 3.68. The molecule has 0 bridgehead atoms. The van der Waals surface area contributed by atoms with Crippen LogP contribution in [0.4, 0.5) is 13.2 Å². The summed E-state index contributed by atoms with van der Waals surface area (Å²) in [4.78, 5) is 0. The molecule has 2 N–H and O–H groups in total.